The van der Waals surface area contributed by atoms with Crippen molar-refractivity contribution in [1.29, 1.82) is 0 Å². The topological polar surface area (TPSA) is 67.6 Å². The number of halogens is 1. The van der Waals surface area contributed by atoms with Crippen molar-refractivity contribution in [2.24, 2.45) is 22.4 Å². The van der Waals surface area contributed by atoms with Gasteiger partial charge in [-0.05, 0) is 43.8 Å². The largest absolute Gasteiger partial charge is 0.370 e. The molecule has 1 heterocycles. The molecule has 1 aliphatic heterocycles. The Bertz CT molecular complexity index is 396. The van der Waals surface area contributed by atoms with Crippen molar-refractivity contribution in [3.63, 3.8) is 0 Å². The summed E-state index contributed by atoms with van der Waals surface area (Å²) >= 11 is 0. The third-order valence-corrected chi connectivity index (χ3v) is 3.80. The molecule has 0 atom stereocenters. The first-order valence-electron chi connectivity index (χ1n) is 7.05. The zero-order valence-electron chi connectivity index (χ0n) is 11.9. The number of likely N-dealkylation sites (tertiary alicyclic amines) is 1. The van der Waals surface area contributed by atoms with E-state index in [-0.39, 0.29) is 18.4 Å². The summed E-state index contributed by atoms with van der Waals surface area (Å²) in [7, 11) is 0. The fourth-order valence-corrected chi connectivity index (χ4v) is 2.56. The monoisotopic (exact) mass is 296 g/mol. The van der Waals surface area contributed by atoms with Gasteiger partial charge in [0.1, 0.15) is 0 Å². The second kappa shape index (κ2) is 8.82. The summed E-state index contributed by atoms with van der Waals surface area (Å²) in [6, 6.07) is 10.7. The summed E-state index contributed by atoms with van der Waals surface area (Å²) in [4.78, 5) is 6.66. The molecule has 0 aromatic heterocycles. The van der Waals surface area contributed by atoms with Crippen molar-refractivity contribution in [3.05, 3.63) is 35.9 Å². The van der Waals surface area contributed by atoms with Gasteiger partial charge in [-0.2, -0.15) is 0 Å². The van der Waals surface area contributed by atoms with Crippen LogP contribution in [0.5, 0.6) is 0 Å². The minimum absolute atomic E-state index is 0. The fourth-order valence-electron chi connectivity index (χ4n) is 2.56. The van der Waals surface area contributed by atoms with Crippen LogP contribution in [0.25, 0.3) is 0 Å². The molecule has 0 amide bonds. The lowest BCUT2D eigenvalue weighted by atomic mass is 9.96. The van der Waals surface area contributed by atoms with E-state index in [9.17, 15) is 0 Å². The summed E-state index contributed by atoms with van der Waals surface area (Å²) in [6.07, 6.45) is 3.54. The van der Waals surface area contributed by atoms with Gasteiger partial charge in [0.05, 0.1) is 0 Å². The van der Waals surface area contributed by atoms with E-state index in [1.165, 1.54) is 18.4 Å². The van der Waals surface area contributed by atoms with Crippen LogP contribution < -0.4 is 11.5 Å². The van der Waals surface area contributed by atoms with Crippen molar-refractivity contribution in [3.8, 4) is 0 Å². The highest BCUT2D eigenvalue weighted by molar-refractivity contribution is 5.85. The molecule has 0 saturated carbocycles. The minimum atomic E-state index is 0. The van der Waals surface area contributed by atoms with Crippen LogP contribution >= 0.6 is 12.4 Å². The molecule has 20 heavy (non-hydrogen) atoms. The number of guanidine groups is 1. The molecule has 112 valence electrons. The zero-order chi connectivity index (χ0) is 13.5. The normalized spacial score (nSPS) is 16.4. The molecule has 5 heteroatoms. The maximum Gasteiger partial charge on any atom is 0.185 e. The van der Waals surface area contributed by atoms with Crippen molar-refractivity contribution < 1.29 is 0 Å². The number of aliphatic imine (C=N–C) groups is 1. The lowest BCUT2D eigenvalue weighted by Crippen LogP contribution is -2.36. The van der Waals surface area contributed by atoms with Crippen LogP contribution in [0.1, 0.15) is 18.4 Å². The van der Waals surface area contributed by atoms with E-state index in [1.807, 2.05) is 0 Å². The van der Waals surface area contributed by atoms with Crippen LogP contribution in [0.2, 0.25) is 0 Å². The molecule has 0 bridgehead atoms. The second-order valence-corrected chi connectivity index (χ2v) is 5.29. The predicted octanol–water partition coefficient (Wildman–Crippen LogP) is 1.64. The van der Waals surface area contributed by atoms with Crippen molar-refractivity contribution in [1.82, 2.24) is 4.90 Å². The smallest absolute Gasteiger partial charge is 0.185 e. The lowest BCUT2D eigenvalue weighted by Gasteiger charge is -2.31. The first kappa shape index (κ1) is 16.8. The quantitative estimate of drug-likeness (QED) is 0.641. The maximum absolute atomic E-state index is 5.37. The van der Waals surface area contributed by atoms with Gasteiger partial charge in [-0.25, -0.2) is 0 Å². The third-order valence-electron chi connectivity index (χ3n) is 3.80. The molecule has 1 aromatic carbocycles. The van der Waals surface area contributed by atoms with Gasteiger partial charge in [0, 0.05) is 13.1 Å². The fraction of sp³-hybridized carbons (Fsp3) is 0.533. The van der Waals surface area contributed by atoms with E-state index < -0.39 is 0 Å². The highest BCUT2D eigenvalue weighted by atomic mass is 35.5. The molecule has 4 nitrogen and oxygen atoms in total. The van der Waals surface area contributed by atoms with E-state index in [0.717, 1.165) is 32.6 Å². The Labute approximate surface area is 127 Å². The van der Waals surface area contributed by atoms with Crippen LogP contribution in [0.15, 0.2) is 35.3 Å². The van der Waals surface area contributed by atoms with E-state index in [1.54, 1.807) is 0 Å². The Morgan fingerprint density at radius 1 is 1.15 bits per heavy atom. The van der Waals surface area contributed by atoms with Gasteiger partial charge in [-0.15, -0.1) is 12.4 Å². The number of benzene rings is 1. The first-order valence-corrected chi connectivity index (χ1v) is 7.05. The number of piperidine rings is 1. The molecule has 0 spiro atoms. The Morgan fingerprint density at radius 2 is 1.80 bits per heavy atom. The summed E-state index contributed by atoms with van der Waals surface area (Å²) in [5.74, 6) is 0.863. The van der Waals surface area contributed by atoms with Gasteiger partial charge in [-0.3, -0.25) is 4.99 Å². The summed E-state index contributed by atoms with van der Waals surface area (Å²) in [5.41, 5.74) is 12.2. The molecule has 0 radical (unpaired) electrons. The van der Waals surface area contributed by atoms with Crippen LogP contribution in [0.4, 0.5) is 0 Å². The molecule has 1 saturated heterocycles. The third kappa shape index (κ3) is 5.80. The average Bonchev–Trinajstić information content (AvgIpc) is 2.45. The van der Waals surface area contributed by atoms with Gasteiger partial charge in [0.2, 0.25) is 0 Å². The second-order valence-electron chi connectivity index (χ2n) is 5.29. The molecule has 0 aliphatic carbocycles. The molecular formula is C15H25ClN4. The molecule has 4 N–H and O–H groups in total. The summed E-state index contributed by atoms with van der Waals surface area (Å²) in [6.45, 7) is 4.27. The predicted molar refractivity (Wildman–Crippen MR) is 87.2 cm³/mol. The van der Waals surface area contributed by atoms with Crippen LogP contribution in [-0.4, -0.2) is 37.0 Å². The molecule has 0 unspecified atom stereocenters. The molecule has 1 aliphatic rings. The van der Waals surface area contributed by atoms with Crippen molar-refractivity contribution in [2.45, 2.75) is 19.3 Å². The van der Waals surface area contributed by atoms with Crippen molar-refractivity contribution in [2.75, 3.05) is 26.2 Å². The van der Waals surface area contributed by atoms with Crippen molar-refractivity contribution >= 4 is 18.4 Å². The Morgan fingerprint density at radius 3 is 2.40 bits per heavy atom. The standard InChI is InChI=1S/C15H24N4.ClH/c16-15(17)18-12-14-7-10-19(11-8-14)9-6-13-4-2-1-3-5-13;/h1-5,14H,6-12H2,(H4,16,17,18);1H. The number of nitrogens with zero attached hydrogens (tertiary/aromatic N) is 2. The van der Waals surface area contributed by atoms with Gasteiger partial charge >= 0.3 is 0 Å². The van der Waals surface area contributed by atoms with E-state index in [2.05, 4.69) is 40.2 Å². The van der Waals surface area contributed by atoms with Gasteiger partial charge in [0.25, 0.3) is 0 Å². The number of hydrogen-bond acceptors (Lipinski definition) is 2. The van der Waals surface area contributed by atoms with Crippen LogP contribution in [-0.2, 0) is 6.42 Å². The molecular weight excluding hydrogens is 272 g/mol. The molecule has 1 aromatic rings. The minimum Gasteiger partial charge on any atom is -0.370 e. The SMILES string of the molecule is Cl.NC(N)=NCC1CCN(CCc2ccccc2)CC1. The van der Waals surface area contributed by atoms with Gasteiger partial charge < -0.3 is 16.4 Å². The number of nitrogens with two attached hydrogens (primary N) is 2. The molecule has 2 rings (SSSR count). The number of hydrogen-bond donors (Lipinski definition) is 2. The highest BCUT2D eigenvalue weighted by Gasteiger charge is 2.18. The lowest BCUT2D eigenvalue weighted by molar-refractivity contribution is 0.189. The van der Waals surface area contributed by atoms with Crippen LogP contribution in [0, 0.1) is 5.92 Å². The first-order chi connectivity index (χ1) is 9.24. The average molecular weight is 297 g/mol. The van der Waals surface area contributed by atoms with E-state index >= 15 is 0 Å². The van der Waals surface area contributed by atoms with Gasteiger partial charge in [-0.1, -0.05) is 30.3 Å². The maximum atomic E-state index is 5.37. The number of rotatable bonds is 5. The Hall–Kier alpha value is -1.26. The zero-order valence-corrected chi connectivity index (χ0v) is 12.7. The van der Waals surface area contributed by atoms with Crippen LogP contribution in [0.3, 0.4) is 0 Å². The van der Waals surface area contributed by atoms with E-state index in [4.69, 9.17) is 11.5 Å². The highest BCUT2D eigenvalue weighted by Crippen LogP contribution is 2.17. The summed E-state index contributed by atoms with van der Waals surface area (Å²) < 4.78 is 0. The van der Waals surface area contributed by atoms with Gasteiger partial charge in [0.15, 0.2) is 5.96 Å². The summed E-state index contributed by atoms with van der Waals surface area (Å²) in [5, 5.41) is 0. The Kier molecular flexibility index (Phi) is 7.41. The van der Waals surface area contributed by atoms with E-state index in [0.29, 0.717) is 5.92 Å². The molecule has 1 fully saturated rings. The Balaban J connectivity index is 0.00000200.